The number of ketones is 1. The molecule has 0 radical (unpaired) electrons. The number of amides is 1. The van der Waals surface area contributed by atoms with E-state index in [0.717, 1.165) is 14.8 Å². The van der Waals surface area contributed by atoms with E-state index in [2.05, 4.69) is 0 Å². The summed E-state index contributed by atoms with van der Waals surface area (Å²) in [7, 11) is -2.64. The SMILES string of the molecule is COc1ccc(S(=O)(=O)N(CCC(C)=O)C[C@@H](O)[C@H](Cc2ccccc2)N(C(=O)O)C(C)(C)C)cc1. The van der Waals surface area contributed by atoms with Crippen LogP contribution in [0.25, 0.3) is 0 Å². The van der Waals surface area contributed by atoms with Crippen molar-refractivity contribution in [2.24, 2.45) is 0 Å². The number of aliphatic hydroxyl groups excluding tert-OH is 1. The molecule has 1 amide bonds. The largest absolute Gasteiger partial charge is 0.497 e. The van der Waals surface area contributed by atoms with Gasteiger partial charge in [0, 0.05) is 25.0 Å². The third kappa shape index (κ3) is 7.78. The van der Waals surface area contributed by atoms with Crippen molar-refractivity contribution in [3.05, 3.63) is 60.2 Å². The Labute approximate surface area is 213 Å². The molecule has 198 valence electrons. The second-order valence-electron chi connectivity index (χ2n) is 9.64. The second kappa shape index (κ2) is 12.3. The highest BCUT2D eigenvalue weighted by Gasteiger charge is 2.39. The number of aliphatic hydroxyl groups is 1. The molecule has 0 aliphatic rings. The normalized spacial score (nSPS) is 13.8. The molecule has 9 nitrogen and oxygen atoms in total. The highest BCUT2D eigenvalue weighted by molar-refractivity contribution is 7.89. The maximum absolute atomic E-state index is 13.5. The van der Waals surface area contributed by atoms with Crippen LogP contribution in [-0.2, 0) is 21.2 Å². The van der Waals surface area contributed by atoms with Gasteiger partial charge < -0.3 is 14.9 Å². The van der Waals surface area contributed by atoms with Gasteiger partial charge in [0.15, 0.2) is 0 Å². The zero-order chi connectivity index (χ0) is 27.1. The summed E-state index contributed by atoms with van der Waals surface area (Å²) in [5, 5.41) is 21.4. The van der Waals surface area contributed by atoms with Crippen LogP contribution in [0.1, 0.15) is 39.7 Å². The summed E-state index contributed by atoms with van der Waals surface area (Å²) >= 11 is 0. The molecule has 0 aliphatic heterocycles. The molecule has 0 saturated heterocycles. The average Bonchev–Trinajstić information content (AvgIpc) is 2.80. The van der Waals surface area contributed by atoms with Crippen LogP contribution in [-0.4, -0.2) is 77.6 Å². The molecule has 0 heterocycles. The monoisotopic (exact) mass is 520 g/mol. The minimum absolute atomic E-state index is 0.0235. The number of carbonyl (C=O) groups is 2. The van der Waals surface area contributed by atoms with Crippen molar-refractivity contribution >= 4 is 21.9 Å². The minimum Gasteiger partial charge on any atom is -0.497 e. The summed E-state index contributed by atoms with van der Waals surface area (Å²) in [4.78, 5) is 25.1. The Balaban J connectivity index is 2.47. The number of benzene rings is 2. The van der Waals surface area contributed by atoms with Crippen LogP contribution in [0.15, 0.2) is 59.5 Å². The van der Waals surface area contributed by atoms with Gasteiger partial charge in [-0.2, -0.15) is 4.31 Å². The van der Waals surface area contributed by atoms with E-state index >= 15 is 0 Å². The Bertz CT molecular complexity index is 1110. The predicted molar refractivity (Wildman–Crippen MR) is 137 cm³/mol. The number of sulfonamides is 1. The Morgan fingerprint density at radius 1 is 1.03 bits per heavy atom. The molecule has 2 aromatic rings. The Morgan fingerprint density at radius 2 is 1.61 bits per heavy atom. The highest BCUT2D eigenvalue weighted by Crippen LogP contribution is 2.25. The van der Waals surface area contributed by atoms with E-state index < -0.39 is 33.8 Å². The molecule has 0 saturated carbocycles. The second-order valence-corrected chi connectivity index (χ2v) is 11.6. The van der Waals surface area contributed by atoms with E-state index in [4.69, 9.17) is 4.74 Å². The van der Waals surface area contributed by atoms with Crippen LogP contribution in [0.2, 0.25) is 0 Å². The molecule has 2 rings (SSSR count). The number of rotatable bonds is 12. The maximum atomic E-state index is 13.5. The lowest BCUT2D eigenvalue weighted by atomic mass is 9.94. The van der Waals surface area contributed by atoms with E-state index in [0.29, 0.717) is 5.75 Å². The van der Waals surface area contributed by atoms with Crippen molar-refractivity contribution in [2.75, 3.05) is 20.2 Å². The molecule has 0 aliphatic carbocycles. The Morgan fingerprint density at radius 3 is 2.08 bits per heavy atom. The smallest absolute Gasteiger partial charge is 0.408 e. The highest BCUT2D eigenvalue weighted by atomic mass is 32.2. The van der Waals surface area contributed by atoms with Crippen molar-refractivity contribution in [1.82, 2.24) is 9.21 Å². The van der Waals surface area contributed by atoms with Gasteiger partial charge in [-0.1, -0.05) is 30.3 Å². The van der Waals surface area contributed by atoms with Crippen LogP contribution in [0.4, 0.5) is 4.79 Å². The van der Waals surface area contributed by atoms with Crippen LogP contribution in [0.5, 0.6) is 5.75 Å². The number of carbonyl (C=O) groups excluding carboxylic acids is 1. The summed E-state index contributed by atoms with van der Waals surface area (Å²) < 4.78 is 33.1. The molecular formula is C26H36N2O7S. The topological polar surface area (TPSA) is 124 Å². The lowest BCUT2D eigenvalue weighted by Gasteiger charge is -2.42. The third-order valence-corrected chi connectivity index (χ3v) is 7.67. The fraction of sp³-hybridized carbons (Fsp3) is 0.462. The number of ether oxygens (including phenoxy) is 1. The van der Waals surface area contributed by atoms with Crippen LogP contribution < -0.4 is 4.74 Å². The van der Waals surface area contributed by atoms with Crippen LogP contribution in [0.3, 0.4) is 0 Å². The zero-order valence-corrected chi connectivity index (χ0v) is 22.2. The predicted octanol–water partition coefficient (Wildman–Crippen LogP) is 3.42. The molecule has 0 bridgehead atoms. The van der Waals surface area contributed by atoms with Crippen LogP contribution in [0, 0.1) is 0 Å². The fourth-order valence-electron chi connectivity index (χ4n) is 4.00. The lowest BCUT2D eigenvalue weighted by molar-refractivity contribution is -0.117. The van der Waals surface area contributed by atoms with Crippen molar-refractivity contribution in [3.8, 4) is 5.75 Å². The van der Waals surface area contributed by atoms with Crippen molar-refractivity contribution in [3.63, 3.8) is 0 Å². The summed E-state index contributed by atoms with van der Waals surface area (Å²) in [6.45, 7) is 5.97. The van der Waals surface area contributed by atoms with Gasteiger partial charge in [-0.25, -0.2) is 13.2 Å². The summed E-state index contributed by atoms with van der Waals surface area (Å²) in [5.41, 5.74) is -0.0731. The summed E-state index contributed by atoms with van der Waals surface area (Å²) in [6.07, 6.45) is -2.47. The lowest BCUT2D eigenvalue weighted by Crippen LogP contribution is -2.58. The standard InChI is InChI=1S/C26H36N2O7S/c1-19(29)15-16-27(36(33,34)22-13-11-21(35-5)12-14-22)18-24(30)23(17-20-9-7-6-8-10-20)28(25(31)32)26(2,3)4/h6-14,23-24,30H,15-18H2,1-5H3,(H,31,32)/t23-,24+/m0/s1. The first-order valence-electron chi connectivity index (χ1n) is 11.6. The molecule has 2 atom stereocenters. The Kier molecular flexibility index (Phi) is 10.0. The number of hydrogen-bond acceptors (Lipinski definition) is 6. The first-order chi connectivity index (χ1) is 16.8. The fourth-order valence-corrected chi connectivity index (χ4v) is 5.46. The zero-order valence-electron chi connectivity index (χ0n) is 21.4. The summed E-state index contributed by atoms with van der Waals surface area (Å²) in [6, 6.07) is 14.0. The molecule has 0 spiro atoms. The molecule has 36 heavy (non-hydrogen) atoms. The van der Waals surface area contributed by atoms with E-state index in [-0.39, 0.29) is 36.6 Å². The number of hydrogen-bond donors (Lipinski definition) is 2. The first-order valence-corrected chi connectivity index (χ1v) is 13.1. The molecule has 2 aromatic carbocycles. The van der Waals surface area contributed by atoms with Gasteiger partial charge in [-0.05, 0) is 63.9 Å². The quantitative estimate of drug-likeness (QED) is 0.439. The number of nitrogens with zero attached hydrogens (tertiary/aromatic N) is 2. The molecule has 2 N–H and O–H groups in total. The molecule has 0 aromatic heterocycles. The van der Waals surface area contributed by atoms with Crippen molar-refractivity contribution in [1.29, 1.82) is 0 Å². The van der Waals surface area contributed by atoms with Gasteiger partial charge in [-0.15, -0.1) is 0 Å². The van der Waals surface area contributed by atoms with Gasteiger partial charge in [0.25, 0.3) is 0 Å². The molecular weight excluding hydrogens is 484 g/mol. The average molecular weight is 521 g/mol. The van der Waals surface area contributed by atoms with Gasteiger partial charge in [-0.3, -0.25) is 9.69 Å². The molecule has 0 unspecified atom stereocenters. The number of Topliss-reactive ketones (excluding diaryl/α,β-unsaturated/α-hetero) is 1. The molecule has 0 fully saturated rings. The molecule has 10 heteroatoms. The van der Waals surface area contributed by atoms with E-state index in [9.17, 15) is 28.2 Å². The Hall–Kier alpha value is -2.95. The van der Waals surface area contributed by atoms with E-state index in [1.165, 1.54) is 38.3 Å². The minimum atomic E-state index is -4.10. The van der Waals surface area contributed by atoms with Crippen molar-refractivity contribution < 1.29 is 33.0 Å². The van der Waals surface area contributed by atoms with Gasteiger partial charge in [0.2, 0.25) is 10.0 Å². The van der Waals surface area contributed by atoms with E-state index in [1.807, 2.05) is 30.3 Å². The number of carboxylic acid groups (broad SMARTS) is 1. The maximum Gasteiger partial charge on any atom is 0.408 e. The van der Waals surface area contributed by atoms with Gasteiger partial charge in [0.05, 0.1) is 24.2 Å². The number of methoxy groups -OCH3 is 1. The van der Waals surface area contributed by atoms with Gasteiger partial charge in [0.1, 0.15) is 11.5 Å². The third-order valence-electron chi connectivity index (χ3n) is 5.79. The first kappa shape index (κ1) is 29.3. The van der Waals surface area contributed by atoms with Gasteiger partial charge >= 0.3 is 6.09 Å². The van der Waals surface area contributed by atoms with Crippen molar-refractivity contribution in [2.45, 2.75) is 63.1 Å². The van der Waals surface area contributed by atoms with E-state index in [1.54, 1.807) is 20.8 Å². The summed E-state index contributed by atoms with van der Waals surface area (Å²) in [5.74, 6) is 0.275. The van der Waals surface area contributed by atoms with Crippen LogP contribution >= 0.6 is 0 Å².